The lowest BCUT2D eigenvalue weighted by atomic mass is 9.94. The SMILES string of the molecule is O=C1C[C@@H](C(=O)Nc2cccc(C(=O)[O-])c2)[C@@H](c2ccccc2)O1. The number of cyclic esters (lactones) is 1. The molecule has 0 radical (unpaired) electrons. The molecule has 6 heteroatoms. The smallest absolute Gasteiger partial charge is 0.307 e. The van der Waals surface area contributed by atoms with Gasteiger partial charge in [0, 0.05) is 5.69 Å². The number of rotatable bonds is 4. The second-order valence-corrected chi connectivity index (χ2v) is 5.49. The van der Waals surface area contributed by atoms with Crippen LogP contribution in [0.1, 0.15) is 28.4 Å². The van der Waals surface area contributed by atoms with E-state index < -0.39 is 29.9 Å². The summed E-state index contributed by atoms with van der Waals surface area (Å²) in [6.45, 7) is 0. The molecule has 2 aromatic carbocycles. The summed E-state index contributed by atoms with van der Waals surface area (Å²) < 4.78 is 5.28. The fraction of sp³-hybridized carbons (Fsp3) is 0.167. The van der Waals surface area contributed by atoms with Crippen LogP contribution in [0.2, 0.25) is 0 Å². The second kappa shape index (κ2) is 6.54. The van der Waals surface area contributed by atoms with E-state index in [0.29, 0.717) is 5.69 Å². The molecule has 0 saturated carbocycles. The van der Waals surface area contributed by atoms with Gasteiger partial charge in [0.05, 0.1) is 18.3 Å². The van der Waals surface area contributed by atoms with Crippen molar-refractivity contribution < 1.29 is 24.2 Å². The Bertz CT molecular complexity index is 787. The van der Waals surface area contributed by atoms with Crippen molar-refractivity contribution in [3.8, 4) is 0 Å². The number of hydrogen-bond acceptors (Lipinski definition) is 5. The van der Waals surface area contributed by atoms with Gasteiger partial charge in [-0.2, -0.15) is 0 Å². The predicted octanol–water partition coefficient (Wildman–Crippen LogP) is 1.29. The maximum absolute atomic E-state index is 12.5. The number of benzene rings is 2. The summed E-state index contributed by atoms with van der Waals surface area (Å²) in [5, 5.41) is 13.5. The first-order valence-electron chi connectivity index (χ1n) is 7.41. The first kappa shape index (κ1) is 15.7. The minimum atomic E-state index is -1.33. The highest BCUT2D eigenvalue weighted by Gasteiger charge is 2.40. The number of hydrogen-bond donors (Lipinski definition) is 1. The van der Waals surface area contributed by atoms with Crippen LogP contribution in [0.5, 0.6) is 0 Å². The third-order valence-electron chi connectivity index (χ3n) is 3.84. The fourth-order valence-corrected chi connectivity index (χ4v) is 2.69. The Balaban J connectivity index is 1.79. The fourth-order valence-electron chi connectivity index (χ4n) is 2.69. The van der Waals surface area contributed by atoms with Gasteiger partial charge in [-0.25, -0.2) is 0 Å². The van der Waals surface area contributed by atoms with E-state index in [0.717, 1.165) is 5.56 Å². The van der Waals surface area contributed by atoms with Gasteiger partial charge in [0.1, 0.15) is 6.10 Å². The van der Waals surface area contributed by atoms with Crippen LogP contribution in [0.15, 0.2) is 54.6 Å². The summed E-state index contributed by atoms with van der Waals surface area (Å²) in [5.41, 5.74) is 1.03. The van der Waals surface area contributed by atoms with Gasteiger partial charge in [-0.3, -0.25) is 9.59 Å². The summed E-state index contributed by atoms with van der Waals surface area (Å²) in [4.78, 5) is 35.1. The van der Waals surface area contributed by atoms with Crippen molar-refractivity contribution in [3.05, 3.63) is 65.7 Å². The van der Waals surface area contributed by atoms with Crippen LogP contribution in [0.3, 0.4) is 0 Å². The minimum Gasteiger partial charge on any atom is -0.545 e. The van der Waals surface area contributed by atoms with Crippen LogP contribution >= 0.6 is 0 Å². The molecule has 0 aromatic heterocycles. The van der Waals surface area contributed by atoms with E-state index in [2.05, 4.69) is 5.32 Å². The van der Waals surface area contributed by atoms with Crippen molar-refractivity contribution in [2.45, 2.75) is 12.5 Å². The molecule has 122 valence electrons. The zero-order valence-corrected chi connectivity index (χ0v) is 12.6. The van der Waals surface area contributed by atoms with Gasteiger partial charge in [-0.1, -0.05) is 42.5 Å². The molecule has 1 aliphatic heterocycles. The molecule has 1 N–H and O–H groups in total. The monoisotopic (exact) mass is 324 g/mol. The maximum atomic E-state index is 12.5. The Labute approximate surface area is 138 Å². The normalized spacial score (nSPS) is 19.6. The Hall–Kier alpha value is -3.15. The van der Waals surface area contributed by atoms with Crippen LogP contribution < -0.4 is 10.4 Å². The van der Waals surface area contributed by atoms with E-state index in [9.17, 15) is 19.5 Å². The molecule has 3 rings (SSSR count). The third-order valence-corrected chi connectivity index (χ3v) is 3.84. The predicted molar refractivity (Wildman–Crippen MR) is 82.8 cm³/mol. The number of amides is 1. The Morgan fingerprint density at radius 3 is 2.54 bits per heavy atom. The molecule has 24 heavy (non-hydrogen) atoms. The van der Waals surface area contributed by atoms with Crippen molar-refractivity contribution in [1.29, 1.82) is 0 Å². The summed E-state index contributed by atoms with van der Waals surface area (Å²) in [6.07, 6.45) is -0.672. The largest absolute Gasteiger partial charge is 0.545 e. The zero-order valence-electron chi connectivity index (χ0n) is 12.6. The number of aromatic carboxylic acids is 1. The average molecular weight is 324 g/mol. The summed E-state index contributed by atoms with van der Waals surface area (Å²) >= 11 is 0. The van der Waals surface area contributed by atoms with Crippen molar-refractivity contribution in [2.24, 2.45) is 5.92 Å². The Morgan fingerprint density at radius 2 is 1.83 bits per heavy atom. The maximum Gasteiger partial charge on any atom is 0.307 e. The van der Waals surface area contributed by atoms with E-state index >= 15 is 0 Å². The highest BCUT2D eigenvalue weighted by atomic mass is 16.6. The second-order valence-electron chi connectivity index (χ2n) is 5.49. The van der Waals surface area contributed by atoms with E-state index in [1.54, 1.807) is 30.3 Å². The Morgan fingerprint density at radius 1 is 1.08 bits per heavy atom. The van der Waals surface area contributed by atoms with Gasteiger partial charge in [0.2, 0.25) is 5.91 Å². The molecule has 0 bridgehead atoms. The molecule has 1 saturated heterocycles. The Kier molecular flexibility index (Phi) is 4.29. The molecule has 1 aliphatic rings. The summed E-state index contributed by atoms with van der Waals surface area (Å²) in [6, 6.07) is 14.8. The van der Waals surface area contributed by atoms with Crippen molar-refractivity contribution in [2.75, 3.05) is 5.32 Å². The molecule has 2 aromatic rings. The summed E-state index contributed by atoms with van der Waals surface area (Å²) in [7, 11) is 0. The number of esters is 1. The standard InChI is InChI=1S/C18H15NO5/c20-15-10-14(16(24-15)11-5-2-1-3-6-11)17(21)19-13-8-4-7-12(9-13)18(22)23/h1-9,14,16H,10H2,(H,19,21)(H,22,23)/p-1/t14-,16-/m1/s1. The number of carboxylic acids is 1. The average Bonchev–Trinajstić information content (AvgIpc) is 2.98. The molecule has 1 amide bonds. The van der Waals surface area contributed by atoms with E-state index in [-0.39, 0.29) is 12.0 Å². The van der Waals surface area contributed by atoms with E-state index in [1.807, 2.05) is 6.07 Å². The van der Waals surface area contributed by atoms with Gasteiger partial charge in [-0.15, -0.1) is 0 Å². The van der Waals surface area contributed by atoms with E-state index in [4.69, 9.17) is 4.74 Å². The molecule has 1 fully saturated rings. The van der Waals surface area contributed by atoms with Gasteiger partial charge in [-0.05, 0) is 23.3 Å². The van der Waals surface area contributed by atoms with Gasteiger partial charge in [0.25, 0.3) is 0 Å². The molecule has 2 atom stereocenters. The molecule has 0 spiro atoms. The van der Waals surface area contributed by atoms with Crippen LogP contribution in [-0.4, -0.2) is 17.8 Å². The molecule has 0 unspecified atom stereocenters. The highest BCUT2D eigenvalue weighted by molar-refractivity contribution is 5.97. The topological polar surface area (TPSA) is 95.5 Å². The number of ether oxygens (including phenoxy) is 1. The lowest BCUT2D eigenvalue weighted by Gasteiger charge is -2.18. The van der Waals surface area contributed by atoms with Crippen LogP contribution in [0.4, 0.5) is 5.69 Å². The lowest BCUT2D eigenvalue weighted by molar-refractivity contribution is -0.255. The number of anilines is 1. The van der Waals surface area contributed by atoms with Crippen molar-refractivity contribution >= 4 is 23.5 Å². The number of carbonyl (C=O) groups is 3. The number of carboxylic acid groups (broad SMARTS) is 1. The van der Waals surface area contributed by atoms with Crippen LogP contribution in [0, 0.1) is 5.92 Å². The third kappa shape index (κ3) is 3.27. The summed E-state index contributed by atoms with van der Waals surface area (Å²) in [5.74, 6) is -2.84. The first-order valence-corrected chi connectivity index (χ1v) is 7.41. The van der Waals surface area contributed by atoms with Crippen molar-refractivity contribution in [3.63, 3.8) is 0 Å². The van der Waals surface area contributed by atoms with E-state index in [1.165, 1.54) is 18.2 Å². The molecule has 0 aliphatic carbocycles. The quantitative estimate of drug-likeness (QED) is 0.855. The molecule has 6 nitrogen and oxygen atoms in total. The van der Waals surface area contributed by atoms with Gasteiger partial charge < -0.3 is 20.0 Å². The van der Waals surface area contributed by atoms with Crippen molar-refractivity contribution in [1.82, 2.24) is 0 Å². The zero-order chi connectivity index (χ0) is 17.1. The molecular weight excluding hydrogens is 310 g/mol. The molecule has 1 heterocycles. The number of carbonyl (C=O) groups excluding carboxylic acids is 3. The van der Waals surface area contributed by atoms with Gasteiger partial charge in [0.15, 0.2) is 0 Å². The van der Waals surface area contributed by atoms with Crippen LogP contribution in [-0.2, 0) is 14.3 Å². The van der Waals surface area contributed by atoms with Crippen LogP contribution in [0.25, 0.3) is 0 Å². The lowest BCUT2D eigenvalue weighted by Crippen LogP contribution is -2.26. The molecular formula is C18H14NO5-. The first-order chi connectivity index (χ1) is 11.5. The number of nitrogens with one attached hydrogen (secondary N) is 1. The minimum absolute atomic E-state index is 0.0223. The van der Waals surface area contributed by atoms with Gasteiger partial charge >= 0.3 is 5.97 Å². The highest BCUT2D eigenvalue weighted by Crippen LogP contribution is 2.36.